The molecule has 2 heterocycles. The Balaban J connectivity index is 1.30. The van der Waals surface area contributed by atoms with E-state index in [1.54, 1.807) is 0 Å². The maximum absolute atomic E-state index is 5.99. The Morgan fingerprint density at radius 2 is 1.31 bits per heavy atom. The highest BCUT2D eigenvalue weighted by Crippen LogP contribution is 2.29. The molecule has 0 bridgehead atoms. The van der Waals surface area contributed by atoms with Crippen LogP contribution in [0.1, 0.15) is 24.8 Å². The molecule has 3 heteroatoms. The second kappa shape index (κ2) is 8.30. The number of likely N-dealkylation sites (tertiary alicyclic amines) is 1. The van der Waals surface area contributed by atoms with Crippen molar-refractivity contribution >= 4 is 21.8 Å². The lowest BCUT2D eigenvalue weighted by molar-refractivity contribution is 0.183. The van der Waals surface area contributed by atoms with E-state index in [4.69, 9.17) is 4.74 Å². The molecule has 3 aromatic carbocycles. The monoisotopic (exact) mass is 384 g/mol. The Hall–Kier alpha value is -2.78. The summed E-state index contributed by atoms with van der Waals surface area (Å²) in [6.07, 6.45) is 4.04. The molecule has 1 aromatic heterocycles. The molecule has 3 nitrogen and oxygen atoms in total. The number of hydrogen-bond donors (Lipinski definition) is 0. The van der Waals surface area contributed by atoms with Crippen LogP contribution in [0.15, 0.2) is 72.8 Å². The Morgan fingerprint density at radius 1 is 0.690 bits per heavy atom. The lowest BCUT2D eigenvalue weighted by Gasteiger charge is -2.26. The van der Waals surface area contributed by atoms with Gasteiger partial charge in [0.25, 0.3) is 0 Å². The smallest absolute Gasteiger partial charge is 0.119 e. The van der Waals surface area contributed by atoms with Crippen molar-refractivity contribution in [3.05, 3.63) is 78.4 Å². The van der Waals surface area contributed by atoms with Crippen LogP contribution in [-0.4, -0.2) is 35.7 Å². The number of para-hydroxylation sites is 2. The van der Waals surface area contributed by atoms with E-state index in [-0.39, 0.29) is 0 Å². The molecule has 1 aliphatic rings. The van der Waals surface area contributed by atoms with Gasteiger partial charge in [0.05, 0.1) is 0 Å². The van der Waals surface area contributed by atoms with E-state index in [0.29, 0.717) is 0 Å². The van der Waals surface area contributed by atoms with Crippen molar-refractivity contribution in [3.8, 4) is 5.75 Å². The SMILES string of the molecule is c1ccc2c(c1)c1ccccc1n2Cc1ccc(OCCN2CCCCC2)cc1. The average Bonchev–Trinajstić information content (AvgIpc) is 3.10. The van der Waals surface area contributed by atoms with Crippen LogP contribution in [0, 0.1) is 0 Å². The molecule has 0 aliphatic carbocycles. The Labute approximate surface area is 172 Å². The zero-order valence-corrected chi connectivity index (χ0v) is 16.9. The van der Waals surface area contributed by atoms with Gasteiger partial charge in [-0.25, -0.2) is 0 Å². The van der Waals surface area contributed by atoms with E-state index in [2.05, 4.69) is 82.3 Å². The molecule has 0 N–H and O–H groups in total. The molecule has 0 amide bonds. The first kappa shape index (κ1) is 18.3. The van der Waals surface area contributed by atoms with Crippen molar-refractivity contribution in [2.24, 2.45) is 0 Å². The normalized spacial score (nSPS) is 15.2. The summed E-state index contributed by atoms with van der Waals surface area (Å²) in [5.41, 5.74) is 3.87. The average molecular weight is 385 g/mol. The van der Waals surface area contributed by atoms with Gasteiger partial charge in [0.1, 0.15) is 12.4 Å². The number of fused-ring (bicyclic) bond motifs is 3. The van der Waals surface area contributed by atoms with Gasteiger partial charge in [-0.2, -0.15) is 0 Å². The lowest BCUT2D eigenvalue weighted by atomic mass is 10.1. The molecule has 0 atom stereocenters. The van der Waals surface area contributed by atoms with Crippen LogP contribution in [0.5, 0.6) is 5.75 Å². The standard InChI is InChI=1S/C26H28N2O/c1-6-16-27(17-7-1)18-19-29-22-14-12-21(13-15-22)20-28-25-10-4-2-8-23(25)24-9-3-5-11-26(24)28/h2-5,8-15H,1,6-7,16-20H2. The summed E-state index contributed by atoms with van der Waals surface area (Å²) in [6.45, 7) is 5.11. The highest BCUT2D eigenvalue weighted by atomic mass is 16.5. The van der Waals surface area contributed by atoms with Gasteiger partial charge in [0, 0.05) is 34.9 Å². The molecule has 1 fully saturated rings. The Bertz CT molecular complexity index is 1040. The number of rotatable bonds is 6. The van der Waals surface area contributed by atoms with E-state index >= 15 is 0 Å². The number of nitrogens with zero attached hydrogens (tertiary/aromatic N) is 2. The lowest BCUT2D eigenvalue weighted by Crippen LogP contribution is -2.33. The third-order valence-corrected chi connectivity index (χ3v) is 6.07. The highest BCUT2D eigenvalue weighted by molar-refractivity contribution is 6.08. The fourth-order valence-electron chi connectivity index (χ4n) is 4.52. The predicted molar refractivity (Wildman–Crippen MR) is 121 cm³/mol. The van der Waals surface area contributed by atoms with E-state index in [0.717, 1.165) is 25.4 Å². The molecular weight excluding hydrogens is 356 g/mol. The van der Waals surface area contributed by atoms with Gasteiger partial charge >= 0.3 is 0 Å². The number of ether oxygens (including phenoxy) is 1. The zero-order valence-electron chi connectivity index (χ0n) is 16.9. The van der Waals surface area contributed by atoms with Crippen LogP contribution < -0.4 is 4.74 Å². The van der Waals surface area contributed by atoms with Gasteiger partial charge in [-0.3, -0.25) is 4.90 Å². The molecule has 0 unspecified atom stereocenters. The summed E-state index contributed by atoms with van der Waals surface area (Å²) in [5.74, 6) is 0.966. The summed E-state index contributed by atoms with van der Waals surface area (Å²) < 4.78 is 8.40. The summed E-state index contributed by atoms with van der Waals surface area (Å²) >= 11 is 0. The maximum atomic E-state index is 5.99. The van der Waals surface area contributed by atoms with Gasteiger partial charge < -0.3 is 9.30 Å². The van der Waals surface area contributed by atoms with Gasteiger partial charge in [-0.1, -0.05) is 55.0 Å². The molecule has 148 valence electrons. The number of aromatic nitrogens is 1. The van der Waals surface area contributed by atoms with E-state index < -0.39 is 0 Å². The van der Waals surface area contributed by atoms with Crippen LogP contribution in [0.4, 0.5) is 0 Å². The largest absolute Gasteiger partial charge is 0.492 e. The van der Waals surface area contributed by atoms with E-state index in [1.807, 2.05) is 0 Å². The quantitative estimate of drug-likeness (QED) is 0.424. The molecule has 5 rings (SSSR count). The highest BCUT2D eigenvalue weighted by Gasteiger charge is 2.11. The molecule has 0 saturated carbocycles. The van der Waals surface area contributed by atoms with Crippen molar-refractivity contribution in [1.82, 2.24) is 9.47 Å². The van der Waals surface area contributed by atoms with Crippen molar-refractivity contribution < 1.29 is 4.74 Å². The van der Waals surface area contributed by atoms with Crippen molar-refractivity contribution in [1.29, 1.82) is 0 Å². The maximum Gasteiger partial charge on any atom is 0.119 e. The molecular formula is C26H28N2O. The summed E-state index contributed by atoms with van der Waals surface area (Å²) in [4.78, 5) is 2.51. The topological polar surface area (TPSA) is 17.4 Å². The van der Waals surface area contributed by atoms with Crippen molar-refractivity contribution in [2.75, 3.05) is 26.2 Å². The minimum atomic E-state index is 0.770. The minimum Gasteiger partial charge on any atom is -0.492 e. The summed E-state index contributed by atoms with van der Waals surface area (Å²) in [5, 5.41) is 2.64. The summed E-state index contributed by atoms with van der Waals surface area (Å²) in [6, 6.07) is 26.0. The van der Waals surface area contributed by atoms with Crippen LogP contribution >= 0.6 is 0 Å². The van der Waals surface area contributed by atoms with Crippen molar-refractivity contribution in [2.45, 2.75) is 25.8 Å². The molecule has 1 aliphatic heterocycles. The van der Waals surface area contributed by atoms with Crippen LogP contribution in [0.25, 0.3) is 21.8 Å². The first-order valence-corrected chi connectivity index (χ1v) is 10.8. The second-order valence-corrected chi connectivity index (χ2v) is 8.02. The van der Waals surface area contributed by atoms with Gasteiger partial charge in [-0.05, 0) is 55.8 Å². The second-order valence-electron chi connectivity index (χ2n) is 8.02. The van der Waals surface area contributed by atoms with E-state index in [1.165, 1.54) is 59.7 Å². The molecule has 1 saturated heterocycles. The van der Waals surface area contributed by atoms with Crippen molar-refractivity contribution in [3.63, 3.8) is 0 Å². The van der Waals surface area contributed by atoms with E-state index in [9.17, 15) is 0 Å². The molecule has 0 spiro atoms. The predicted octanol–water partition coefficient (Wildman–Crippen LogP) is 5.71. The zero-order chi connectivity index (χ0) is 19.5. The molecule has 0 radical (unpaired) electrons. The fraction of sp³-hybridized carbons (Fsp3) is 0.308. The third kappa shape index (κ3) is 3.88. The first-order valence-electron chi connectivity index (χ1n) is 10.8. The van der Waals surface area contributed by atoms with Gasteiger partial charge in [0.2, 0.25) is 0 Å². The minimum absolute atomic E-state index is 0.770. The Morgan fingerprint density at radius 3 is 1.97 bits per heavy atom. The molecule has 4 aromatic rings. The van der Waals surface area contributed by atoms with Crippen LogP contribution in [0.2, 0.25) is 0 Å². The van der Waals surface area contributed by atoms with Crippen LogP contribution in [-0.2, 0) is 6.54 Å². The number of piperidine rings is 1. The fourth-order valence-corrected chi connectivity index (χ4v) is 4.52. The number of benzene rings is 3. The van der Waals surface area contributed by atoms with Gasteiger partial charge in [0.15, 0.2) is 0 Å². The first-order chi connectivity index (χ1) is 14.4. The third-order valence-electron chi connectivity index (χ3n) is 6.07. The van der Waals surface area contributed by atoms with Crippen LogP contribution in [0.3, 0.4) is 0 Å². The van der Waals surface area contributed by atoms with Gasteiger partial charge in [-0.15, -0.1) is 0 Å². The number of hydrogen-bond acceptors (Lipinski definition) is 2. The summed E-state index contributed by atoms with van der Waals surface area (Å²) in [7, 11) is 0. The molecule has 29 heavy (non-hydrogen) atoms. The Kier molecular flexibility index (Phi) is 5.23.